The Morgan fingerprint density at radius 3 is 3.00 bits per heavy atom. The Bertz CT molecular complexity index is 391. The largest absolute Gasteiger partial charge is 0.382 e. The van der Waals surface area contributed by atoms with Crippen molar-refractivity contribution in [3.63, 3.8) is 0 Å². The molecule has 5 nitrogen and oxygen atoms in total. The van der Waals surface area contributed by atoms with Gasteiger partial charge in [0.2, 0.25) is 0 Å². The van der Waals surface area contributed by atoms with Gasteiger partial charge in [-0.25, -0.2) is 0 Å². The summed E-state index contributed by atoms with van der Waals surface area (Å²) < 4.78 is 9.12. The molecule has 1 fully saturated rings. The summed E-state index contributed by atoms with van der Waals surface area (Å²) in [5.74, 6) is 0.313. The monoisotopic (exact) mass is 224 g/mol. The van der Waals surface area contributed by atoms with Crippen molar-refractivity contribution in [2.24, 2.45) is 0 Å². The second kappa shape index (κ2) is 4.04. The summed E-state index contributed by atoms with van der Waals surface area (Å²) in [4.78, 5) is 0. The van der Waals surface area contributed by atoms with E-state index in [0.717, 1.165) is 17.8 Å². The molecule has 0 spiro atoms. The zero-order valence-corrected chi connectivity index (χ0v) is 9.17. The summed E-state index contributed by atoms with van der Waals surface area (Å²) >= 11 is 1.24. The minimum atomic E-state index is 0.313. The van der Waals surface area contributed by atoms with Crippen LogP contribution in [0.2, 0.25) is 0 Å². The van der Waals surface area contributed by atoms with Gasteiger partial charge >= 0.3 is 0 Å². The first-order chi connectivity index (χ1) is 7.24. The van der Waals surface area contributed by atoms with Gasteiger partial charge in [-0.2, -0.15) is 9.64 Å². The van der Waals surface area contributed by atoms with Crippen LogP contribution in [-0.2, 0) is 4.74 Å². The van der Waals surface area contributed by atoms with E-state index in [0.29, 0.717) is 23.5 Å². The maximum atomic E-state index is 8.86. The van der Waals surface area contributed by atoms with Crippen LogP contribution in [0.15, 0.2) is 0 Å². The van der Waals surface area contributed by atoms with E-state index in [1.165, 1.54) is 11.5 Å². The molecule has 6 heteroatoms. The number of nitrogen functional groups attached to an aromatic ring is 1. The first-order valence-corrected chi connectivity index (χ1v) is 5.46. The fourth-order valence-corrected chi connectivity index (χ4v) is 2.31. The number of nitriles is 1. The van der Waals surface area contributed by atoms with Gasteiger partial charge in [0.05, 0.1) is 6.10 Å². The molecule has 0 bridgehead atoms. The average molecular weight is 224 g/mol. The molecule has 0 unspecified atom stereocenters. The van der Waals surface area contributed by atoms with Gasteiger partial charge in [0.1, 0.15) is 16.6 Å². The van der Waals surface area contributed by atoms with Gasteiger partial charge in [-0.05, 0) is 24.4 Å². The Balaban J connectivity index is 1.98. The van der Waals surface area contributed by atoms with Gasteiger partial charge in [0.25, 0.3) is 0 Å². The van der Waals surface area contributed by atoms with Crippen LogP contribution in [-0.4, -0.2) is 23.6 Å². The van der Waals surface area contributed by atoms with Crippen molar-refractivity contribution < 1.29 is 4.74 Å². The molecule has 0 amide bonds. The van der Waals surface area contributed by atoms with E-state index in [9.17, 15) is 0 Å². The van der Waals surface area contributed by atoms with Gasteiger partial charge in [0, 0.05) is 13.2 Å². The number of ether oxygens (including phenoxy) is 1. The molecule has 0 radical (unpaired) electrons. The Hall–Kier alpha value is -1.32. The lowest BCUT2D eigenvalue weighted by atomic mass is 9.89. The predicted octanol–water partition coefficient (Wildman–Crippen LogP) is 1.19. The van der Waals surface area contributed by atoms with Gasteiger partial charge in [-0.15, -0.1) is 0 Å². The van der Waals surface area contributed by atoms with E-state index in [4.69, 9.17) is 15.7 Å². The van der Waals surface area contributed by atoms with Crippen LogP contribution in [0, 0.1) is 11.3 Å². The number of rotatable bonds is 3. The fraction of sp³-hybridized carbons (Fsp3) is 0.556. The van der Waals surface area contributed by atoms with Crippen LogP contribution in [0.3, 0.4) is 0 Å². The molecule has 0 atom stereocenters. The maximum absolute atomic E-state index is 8.86. The van der Waals surface area contributed by atoms with Crippen LogP contribution in [0.4, 0.5) is 10.8 Å². The molecule has 1 aromatic rings. The van der Waals surface area contributed by atoms with Gasteiger partial charge in [-0.1, -0.05) is 0 Å². The summed E-state index contributed by atoms with van der Waals surface area (Å²) in [6.07, 6.45) is 2.29. The molecule has 1 aromatic heterocycles. The molecule has 1 saturated carbocycles. The number of methoxy groups -OCH3 is 1. The third kappa shape index (κ3) is 1.89. The Morgan fingerprint density at radius 1 is 1.67 bits per heavy atom. The molecule has 80 valence electrons. The minimum Gasteiger partial charge on any atom is -0.382 e. The smallest absolute Gasteiger partial charge is 0.157 e. The minimum absolute atomic E-state index is 0.313. The van der Waals surface area contributed by atoms with Crippen LogP contribution >= 0.6 is 11.5 Å². The third-order valence-electron chi connectivity index (χ3n) is 2.59. The number of nitrogens with two attached hydrogens (primary N) is 1. The number of nitrogens with zero attached hydrogens (tertiary/aromatic N) is 2. The van der Waals surface area contributed by atoms with Crippen LogP contribution in [0.1, 0.15) is 18.4 Å². The second-order valence-corrected chi connectivity index (χ2v) is 4.33. The topological polar surface area (TPSA) is 84.0 Å². The summed E-state index contributed by atoms with van der Waals surface area (Å²) in [5.41, 5.74) is 6.01. The number of hydrogen-bond acceptors (Lipinski definition) is 6. The predicted molar refractivity (Wildman–Crippen MR) is 58.7 cm³/mol. The highest BCUT2D eigenvalue weighted by molar-refractivity contribution is 7.10. The van der Waals surface area contributed by atoms with Crippen molar-refractivity contribution in [3.8, 4) is 6.07 Å². The Kier molecular flexibility index (Phi) is 2.75. The van der Waals surface area contributed by atoms with Crippen molar-refractivity contribution in [2.45, 2.75) is 25.0 Å². The first kappa shape index (κ1) is 10.2. The van der Waals surface area contributed by atoms with Crippen LogP contribution in [0.25, 0.3) is 0 Å². The first-order valence-electron chi connectivity index (χ1n) is 4.69. The Labute approximate surface area is 92.0 Å². The van der Waals surface area contributed by atoms with E-state index < -0.39 is 0 Å². The van der Waals surface area contributed by atoms with Crippen molar-refractivity contribution >= 4 is 22.4 Å². The fourth-order valence-electron chi connectivity index (χ4n) is 1.57. The Morgan fingerprint density at radius 2 is 2.40 bits per heavy atom. The van der Waals surface area contributed by atoms with E-state index in [2.05, 4.69) is 15.8 Å². The number of anilines is 2. The molecule has 1 heterocycles. The molecule has 0 aromatic carbocycles. The van der Waals surface area contributed by atoms with E-state index in [1.54, 1.807) is 7.11 Å². The molecule has 0 aliphatic heterocycles. The van der Waals surface area contributed by atoms with Crippen molar-refractivity contribution in [2.75, 3.05) is 18.2 Å². The van der Waals surface area contributed by atoms with Crippen molar-refractivity contribution in [1.82, 2.24) is 4.37 Å². The molecule has 1 aliphatic carbocycles. The standard InChI is InChI=1S/C9H12N4OS/c1-14-6-2-5(3-6)12-9-7(4-10)8(11)13-15-9/h5-6,12H,2-3H2,1H3,(H2,11,13). The highest BCUT2D eigenvalue weighted by atomic mass is 32.1. The van der Waals surface area contributed by atoms with Gasteiger partial charge in [0.15, 0.2) is 5.82 Å². The van der Waals surface area contributed by atoms with Gasteiger partial charge in [-0.3, -0.25) is 0 Å². The van der Waals surface area contributed by atoms with Gasteiger partial charge < -0.3 is 15.8 Å². The molecule has 15 heavy (non-hydrogen) atoms. The summed E-state index contributed by atoms with van der Waals surface area (Å²) in [7, 11) is 1.71. The van der Waals surface area contributed by atoms with E-state index >= 15 is 0 Å². The lowest BCUT2D eigenvalue weighted by Crippen LogP contribution is -2.40. The van der Waals surface area contributed by atoms with E-state index in [-0.39, 0.29) is 0 Å². The number of hydrogen-bond donors (Lipinski definition) is 2. The molecular weight excluding hydrogens is 212 g/mol. The van der Waals surface area contributed by atoms with Crippen LogP contribution < -0.4 is 11.1 Å². The number of aromatic nitrogens is 1. The SMILES string of the molecule is COC1CC(Nc2snc(N)c2C#N)C1. The lowest BCUT2D eigenvalue weighted by Gasteiger charge is -2.34. The zero-order valence-electron chi connectivity index (χ0n) is 8.36. The molecule has 0 saturated heterocycles. The molecule has 3 N–H and O–H groups in total. The van der Waals surface area contributed by atoms with Crippen LogP contribution in [0.5, 0.6) is 0 Å². The average Bonchev–Trinajstić information content (AvgIpc) is 2.52. The third-order valence-corrected chi connectivity index (χ3v) is 3.39. The van der Waals surface area contributed by atoms with Crippen molar-refractivity contribution in [1.29, 1.82) is 5.26 Å². The normalized spacial score (nSPS) is 24.3. The second-order valence-electron chi connectivity index (χ2n) is 3.55. The quantitative estimate of drug-likeness (QED) is 0.805. The van der Waals surface area contributed by atoms with Crippen molar-refractivity contribution in [3.05, 3.63) is 5.56 Å². The van der Waals surface area contributed by atoms with E-state index in [1.807, 2.05) is 0 Å². The summed E-state index contributed by atoms with van der Waals surface area (Å²) in [6.45, 7) is 0. The molecular formula is C9H12N4OS. The highest BCUT2D eigenvalue weighted by Gasteiger charge is 2.30. The zero-order chi connectivity index (χ0) is 10.8. The summed E-state index contributed by atoms with van der Waals surface area (Å²) in [6, 6.07) is 2.43. The summed E-state index contributed by atoms with van der Waals surface area (Å²) in [5, 5.41) is 12.9. The number of nitrogens with one attached hydrogen (secondary N) is 1. The molecule has 2 rings (SSSR count). The highest BCUT2D eigenvalue weighted by Crippen LogP contribution is 2.31. The maximum Gasteiger partial charge on any atom is 0.157 e. The lowest BCUT2D eigenvalue weighted by molar-refractivity contribution is 0.0329. The molecule has 1 aliphatic rings.